The minimum Gasteiger partial charge on any atom is -0.464 e. The Bertz CT molecular complexity index is 182. The Morgan fingerprint density at radius 2 is 1.60 bits per heavy atom. The summed E-state index contributed by atoms with van der Waals surface area (Å²) in [5.74, 6) is -0.232. The summed E-state index contributed by atoms with van der Waals surface area (Å²) < 4.78 is 10.9. The minimum atomic E-state index is -1.67. The second-order valence-corrected chi connectivity index (χ2v) is 8.48. The van der Waals surface area contributed by atoms with Crippen LogP contribution in [0.1, 0.15) is 34.6 Å². The molecule has 15 heavy (non-hydrogen) atoms. The summed E-state index contributed by atoms with van der Waals surface area (Å²) >= 11 is 0. The second kappa shape index (κ2) is 7.01. The van der Waals surface area contributed by atoms with Crippen LogP contribution in [-0.2, 0) is 14.0 Å². The van der Waals surface area contributed by atoms with Gasteiger partial charge in [-0.1, -0.05) is 20.8 Å². The molecule has 0 fully saturated rings. The van der Waals surface area contributed by atoms with Crippen LogP contribution in [0.5, 0.6) is 0 Å². The standard InChI is InChI=1S/C11H24O3Si/c1-6-13-11(12)10(5)14-15(7-2,8-3)9-4/h10H,6-9H2,1-5H3. The van der Waals surface area contributed by atoms with E-state index in [2.05, 4.69) is 20.8 Å². The molecule has 0 aliphatic rings. The van der Waals surface area contributed by atoms with Crippen LogP contribution in [0.3, 0.4) is 0 Å². The molecule has 0 rings (SSSR count). The van der Waals surface area contributed by atoms with Gasteiger partial charge in [0.15, 0.2) is 8.32 Å². The molecule has 0 heterocycles. The van der Waals surface area contributed by atoms with Crippen LogP contribution in [0.4, 0.5) is 0 Å². The summed E-state index contributed by atoms with van der Waals surface area (Å²) in [6, 6.07) is 3.18. The lowest BCUT2D eigenvalue weighted by Gasteiger charge is -2.30. The lowest BCUT2D eigenvalue weighted by Crippen LogP contribution is -2.42. The number of ether oxygens (including phenoxy) is 1. The second-order valence-electron chi connectivity index (χ2n) is 3.76. The van der Waals surface area contributed by atoms with Crippen molar-refractivity contribution < 1.29 is 14.0 Å². The molecule has 0 aromatic carbocycles. The molecule has 0 aliphatic carbocycles. The summed E-state index contributed by atoms with van der Waals surface area (Å²) in [5, 5.41) is 0. The van der Waals surface area contributed by atoms with E-state index >= 15 is 0 Å². The highest BCUT2D eigenvalue weighted by Gasteiger charge is 2.33. The molecular weight excluding hydrogens is 208 g/mol. The zero-order chi connectivity index (χ0) is 11.9. The lowest BCUT2D eigenvalue weighted by atomic mass is 10.4. The fourth-order valence-corrected chi connectivity index (χ4v) is 4.53. The number of hydrogen-bond donors (Lipinski definition) is 0. The van der Waals surface area contributed by atoms with Crippen LogP contribution >= 0.6 is 0 Å². The summed E-state index contributed by atoms with van der Waals surface area (Å²) in [4.78, 5) is 11.4. The summed E-state index contributed by atoms with van der Waals surface area (Å²) in [6.07, 6.45) is -0.406. The first-order valence-electron chi connectivity index (χ1n) is 5.89. The molecule has 90 valence electrons. The van der Waals surface area contributed by atoms with Gasteiger partial charge in [-0.05, 0) is 32.0 Å². The third-order valence-electron chi connectivity index (χ3n) is 2.98. The van der Waals surface area contributed by atoms with Crippen LogP contribution in [0.25, 0.3) is 0 Å². The van der Waals surface area contributed by atoms with Gasteiger partial charge in [0.05, 0.1) is 6.61 Å². The number of carbonyl (C=O) groups is 1. The molecule has 0 bridgehead atoms. The predicted octanol–water partition coefficient (Wildman–Crippen LogP) is 2.96. The molecule has 0 amide bonds. The fourth-order valence-electron chi connectivity index (χ4n) is 1.68. The number of rotatable bonds is 7. The molecule has 4 heteroatoms. The van der Waals surface area contributed by atoms with Crippen molar-refractivity contribution in [1.82, 2.24) is 0 Å². The summed E-state index contributed by atoms with van der Waals surface area (Å²) in [5.41, 5.74) is 0. The van der Waals surface area contributed by atoms with E-state index in [4.69, 9.17) is 9.16 Å². The monoisotopic (exact) mass is 232 g/mol. The molecule has 3 nitrogen and oxygen atoms in total. The quantitative estimate of drug-likeness (QED) is 0.500. The maximum Gasteiger partial charge on any atom is 0.333 e. The van der Waals surface area contributed by atoms with Crippen molar-refractivity contribution in [3.63, 3.8) is 0 Å². The van der Waals surface area contributed by atoms with Crippen molar-refractivity contribution >= 4 is 14.3 Å². The van der Waals surface area contributed by atoms with Gasteiger partial charge < -0.3 is 9.16 Å². The van der Waals surface area contributed by atoms with Crippen LogP contribution in [0.2, 0.25) is 18.1 Å². The third kappa shape index (κ3) is 4.34. The van der Waals surface area contributed by atoms with Gasteiger partial charge in [0.1, 0.15) is 6.10 Å². The number of hydrogen-bond acceptors (Lipinski definition) is 3. The topological polar surface area (TPSA) is 35.5 Å². The average molecular weight is 232 g/mol. The Hall–Kier alpha value is -0.353. The Morgan fingerprint density at radius 3 is 1.93 bits per heavy atom. The zero-order valence-electron chi connectivity index (χ0n) is 10.6. The molecule has 0 spiro atoms. The first kappa shape index (κ1) is 14.6. The molecule has 0 aliphatic heterocycles. The molecule has 1 unspecified atom stereocenters. The summed E-state index contributed by atoms with van der Waals surface area (Å²) in [7, 11) is -1.67. The van der Waals surface area contributed by atoms with E-state index in [-0.39, 0.29) is 5.97 Å². The van der Waals surface area contributed by atoms with Crippen LogP contribution in [0, 0.1) is 0 Å². The van der Waals surface area contributed by atoms with Crippen molar-refractivity contribution in [2.45, 2.75) is 58.9 Å². The highest BCUT2D eigenvalue weighted by molar-refractivity contribution is 6.73. The highest BCUT2D eigenvalue weighted by atomic mass is 28.4. The van der Waals surface area contributed by atoms with Gasteiger partial charge in [-0.15, -0.1) is 0 Å². The van der Waals surface area contributed by atoms with E-state index in [1.165, 1.54) is 0 Å². The van der Waals surface area contributed by atoms with Gasteiger partial charge in [0.2, 0.25) is 0 Å². The van der Waals surface area contributed by atoms with Crippen molar-refractivity contribution in [3.8, 4) is 0 Å². The van der Waals surface area contributed by atoms with Gasteiger partial charge in [0, 0.05) is 0 Å². The zero-order valence-corrected chi connectivity index (χ0v) is 11.6. The Labute approximate surface area is 94.3 Å². The maximum absolute atomic E-state index is 11.4. The number of esters is 1. The van der Waals surface area contributed by atoms with E-state index in [1.807, 2.05) is 6.92 Å². The smallest absolute Gasteiger partial charge is 0.333 e. The van der Waals surface area contributed by atoms with Gasteiger partial charge in [-0.3, -0.25) is 0 Å². The van der Waals surface area contributed by atoms with Crippen LogP contribution < -0.4 is 0 Å². The summed E-state index contributed by atoms with van der Waals surface area (Å²) in [6.45, 7) is 10.5. The predicted molar refractivity (Wildman–Crippen MR) is 64.4 cm³/mol. The Morgan fingerprint density at radius 1 is 1.13 bits per heavy atom. The molecule has 1 atom stereocenters. The van der Waals surface area contributed by atoms with Crippen molar-refractivity contribution in [2.24, 2.45) is 0 Å². The normalized spacial score (nSPS) is 13.7. The van der Waals surface area contributed by atoms with Crippen molar-refractivity contribution in [2.75, 3.05) is 6.61 Å². The van der Waals surface area contributed by atoms with E-state index in [1.54, 1.807) is 6.92 Å². The minimum absolute atomic E-state index is 0.232. The molecule has 0 aromatic rings. The van der Waals surface area contributed by atoms with Gasteiger partial charge in [0.25, 0.3) is 0 Å². The van der Waals surface area contributed by atoms with Crippen molar-refractivity contribution in [3.05, 3.63) is 0 Å². The van der Waals surface area contributed by atoms with E-state index < -0.39 is 14.4 Å². The van der Waals surface area contributed by atoms with E-state index in [0.717, 1.165) is 18.1 Å². The first-order chi connectivity index (χ1) is 7.05. The molecule has 0 N–H and O–H groups in total. The van der Waals surface area contributed by atoms with Gasteiger partial charge >= 0.3 is 5.97 Å². The van der Waals surface area contributed by atoms with E-state index in [9.17, 15) is 4.79 Å². The van der Waals surface area contributed by atoms with E-state index in [0.29, 0.717) is 6.61 Å². The Balaban J connectivity index is 4.34. The third-order valence-corrected chi connectivity index (χ3v) is 7.70. The largest absolute Gasteiger partial charge is 0.464 e. The van der Waals surface area contributed by atoms with Gasteiger partial charge in [-0.25, -0.2) is 4.79 Å². The molecule has 0 saturated carbocycles. The first-order valence-corrected chi connectivity index (χ1v) is 8.42. The van der Waals surface area contributed by atoms with Gasteiger partial charge in [-0.2, -0.15) is 0 Å². The molecule has 0 saturated heterocycles. The number of carbonyl (C=O) groups excluding carboxylic acids is 1. The highest BCUT2D eigenvalue weighted by Crippen LogP contribution is 2.23. The Kier molecular flexibility index (Phi) is 6.84. The lowest BCUT2D eigenvalue weighted by molar-refractivity contribution is -0.151. The fraction of sp³-hybridized carbons (Fsp3) is 0.909. The molecule has 0 aromatic heterocycles. The molecule has 0 radical (unpaired) electrons. The molecular formula is C11H24O3Si. The SMILES string of the molecule is CCOC(=O)C(C)O[Si](CC)(CC)CC. The average Bonchev–Trinajstić information content (AvgIpc) is 2.26. The van der Waals surface area contributed by atoms with Crippen molar-refractivity contribution in [1.29, 1.82) is 0 Å². The maximum atomic E-state index is 11.4. The van der Waals surface area contributed by atoms with Crippen LogP contribution in [-0.4, -0.2) is 27.0 Å². The van der Waals surface area contributed by atoms with Crippen LogP contribution in [0.15, 0.2) is 0 Å².